The molecule has 2 heterocycles. The predicted octanol–water partition coefficient (Wildman–Crippen LogP) is 3.82. The van der Waals surface area contributed by atoms with Gasteiger partial charge in [-0.1, -0.05) is 19.8 Å². The second-order valence-corrected chi connectivity index (χ2v) is 8.32. The minimum absolute atomic E-state index is 0.0000284. The summed E-state index contributed by atoms with van der Waals surface area (Å²) in [5.74, 6) is 0.103. The zero-order valence-electron chi connectivity index (χ0n) is 11.8. The van der Waals surface area contributed by atoms with Crippen molar-refractivity contribution in [3.05, 3.63) is 20.8 Å². The van der Waals surface area contributed by atoms with Crippen LogP contribution in [0.25, 0.3) is 0 Å². The first-order chi connectivity index (χ1) is 10.1. The maximum Gasteiger partial charge on any atom is 0.325 e. The molecule has 1 aliphatic heterocycles. The van der Waals surface area contributed by atoms with Gasteiger partial charge in [0.2, 0.25) is 5.91 Å². The molecule has 1 unspecified atom stereocenters. The van der Waals surface area contributed by atoms with Crippen LogP contribution in [0, 0.1) is 0 Å². The van der Waals surface area contributed by atoms with Crippen molar-refractivity contribution in [3.63, 3.8) is 0 Å². The van der Waals surface area contributed by atoms with Gasteiger partial charge in [-0.3, -0.25) is 9.59 Å². The van der Waals surface area contributed by atoms with Crippen molar-refractivity contribution in [1.29, 1.82) is 0 Å². The summed E-state index contributed by atoms with van der Waals surface area (Å²) in [7, 11) is 0. The van der Waals surface area contributed by atoms with Crippen LogP contribution in [0.2, 0.25) is 0 Å². The van der Waals surface area contributed by atoms with Crippen LogP contribution < -0.4 is 0 Å². The average molecular weight is 392 g/mol. The van der Waals surface area contributed by atoms with E-state index in [9.17, 15) is 9.59 Å². The van der Waals surface area contributed by atoms with Crippen LogP contribution in [0.1, 0.15) is 36.4 Å². The summed E-state index contributed by atoms with van der Waals surface area (Å²) < 4.78 is 6.22. The van der Waals surface area contributed by atoms with Gasteiger partial charge >= 0.3 is 5.97 Å². The minimum Gasteiger partial charge on any atom is -0.464 e. The van der Waals surface area contributed by atoms with Crippen LogP contribution in [0.15, 0.2) is 15.9 Å². The van der Waals surface area contributed by atoms with E-state index in [1.165, 1.54) is 0 Å². The van der Waals surface area contributed by atoms with E-state index in [1.54, 1.807) is 28.0 Å². The van der Waals surface area contributed by atoms with Crippen LogP contribution in [0.5, 0.6) is 0 Å². The Kier molecular flexibility index (Phi) is 6.57. The standard InChI is InChI=1S/C14H18BrNO3S2/c1-2-3-4-7-19-13(18)8-16-12(17)9-20-14(16)10-5-6-11(15)21-10/h5-6,14H,2-4,7-9H2,1H3. The lowest BCUT2D eigenvalue weighted by molar-refractivity contribution is -0.148. The zero-order valence-corrected chi connectivity index (χ0v) is 15.1. The lowest BCUT2D eigenvalue weighted by Crippen LogP contribution is -2.34. The SMILES string of the molecule is CCCCCOC(=O)CN1C(=O)CSC1c1ccc(Br)s1. The fourth-order valence-corrected chi connectivity index (χ4v) is 4.89. The maximum absolute atomic E-state index is 12.0. The Morgan fingerprint density at radius 1 is 1.48 bits per heavy atom. The molecule has 0 N–H and O–H groups in total. The Morgan fingerprint density at radius 2 is 2.29 bits per heavy atom. The predicted molar refractivity (Wildman–Crippen MR) is 89.4 cm³/mol. The van der Waals surface area contributed by atoms with E-state index in [0.717, 1.165) is 27.9 Å². The number of ether oxygens (including phenoxy) is 1. The number of hydrogen-bond donors (Lipinski definition) is 0. The lowest BCUT2D eigenvalue weighted by atomic mass is 10.3. The fourth-order valence-electron chi connectivity index (χ4n) is 2.04. The Hall–Kier alpha value is -0.530. The summed E-state index contributed by atoms with van der Waals surface area (Å²) >= 11 is 6.58. The number of hydrogen-bond acceptors (Lipinski definition) is 5. The number of amides is 1. The molecule has 1 aromatic rings. The van der Waals surface area contributed by atoms with Gasteiger partial charge in [0.1, 0.15) is 11.9 Å². The Bertz CT molecular complexity index is 506. The molecule has 0 bridgehead atoms. The first kappa shape index (κ1) is 16.8. The Morgan fingerprint density at radius 3 is 2.95 bits per heavy atom. The molecule has 7 heteroatoms. The normalized spacial score (nSPS) is 18.3. The van der Waals surface area contributed by atoms with Crippen molar-refractivity contribution in [2.75, 3.05) is 18.9 Å². The van der Waals surface area contributed by atoms with Crippen molar-refractivity contribution in [3.8, 4) is 0 Å². The molecule has 1 atom stereocenters. The molecule has 116 valence electrons. The molecule has 0 aliphatic carbocycles. The zero-order chi connectivity index (χ0) is 15.2. The van der Waals surface area contributed by atoms with Crippen LogP contribution >= 0.6 is 39.0 Å². The molecule has 4 nitrogen and oxygen atoms in total. The number of carbonyl (C=O) groups is 2. The molecule has 21 heavy (non-hydrogen) atoms. The number of thioether (sulfide) groups is 1. The lowest BCUT2D eigenvalue weighted by Gasteiger charge is -2.21. The first-order valence-corrected chi connectivity index (χ1v) is 9.59. The van der Waals surface area contributed by atoms with Crippen molar-refractivity contribution in [2.24, 2.45) is 0 Å². The van der Waals surface area contributed by atoms with Crippen LogP contribution in [-0.4, -0.2) is 35.7 Å². The van der Waals surface area contributed by atoms with E-state index in [4.69, 9.17) is 4.74 Å². The summed E-state index contributed by atoms with van der Waals surface area (Å²) in [6, 6.07) is 3.95. The fraction of sp³-hybridized carbons (Fsp3) is 0.571. The number of halogens is 1. The van der Waals surface area contributed by atoms with Gasteiger partial charge in [0, 0.05) is 4.88 Å². The average Bonchev–Trinajstić information content (AvgIpc) is 3.02. The number of thiophene rings is 1. The first-order valence-electron chi connectivity index (χ1n) is 6.93. The highest BCUT2D eigenvalue weighted by Gasteiger charge is 2.35. The topological polar surface area (TPSA) is 46.6 Å². The van der Waals surface area contributed by atoms with Gasteiger partial charge in [0.25, 0.3) is 0 Å². The summed E-state index contributed by atoms with van der Waals surface area (Å²) in [4.78, 5) is 26.5. The van der Waals surface area contributed by atoms with Crippen LogP contribution in [-0.2, 0) is 14.3 Å². The van der Waals surface area contributed by atoms with E-state index in [0.29, 0.717) is 12.4 Å². The van der Waals surface area contributed by atoms with Gasteiger partial charge in [0.05, 0.1) is 16.1 Å². The third-order valence-electron chi connectivity index (χ3n) is 3.12. The van der Waals surface area contributed by atoms with Gasteiger partial charge < -0.3 is 9.64 Å². The van der Waals surface area contributed by atoms with Crippen LogP contribution in [0.3, 0.4) is 0 Å². The Balaban J connectivity index is 1.90. The Labute approximate surface area is 141 Å². The van der Waals surface area contributed by atoms with Crippen molar-refractivity contribution in [2.45, 2.75) is 31.6 Å². The number of nitrogens with zero attached hydrogens (tertiary/aromatic N) is 1. The minimum atomic E-state index is -0.317. The highest BCUT2D eigenvalue weighted by Crippen LogP contribution is 2.42. The molecular weight excluding hydrogens is 374 g/mol. The quantitative estimate of drug-likeness (QED) is 0.523. The summed E-state index contributed by atoms with van der Waals surface area (Å²) in [5, 5.41) is -0.0722. The molecule has 1 fully saturated rings. The summed E-state index contributed by atoms with van der Waals surface area (Å²) in [5.41, 5.74) is 0. The number of unbranched alkanes of at least 4 members (excludes halogenated alkanes) is 2. The third kappa shape index (κ3) is 4.72. The summed E-state index contributed by atoms with van der Waals surface area (Å²) in [6.45, 7) is 2.58. The number of carbonyl (C=O) groups excluding carboxylic acids is 2. The molecule has 0 saturated carbocycles. The van der Waals surface area contributed by atoms with E-state index < -0.39 is 0 Å². The molecule has 2 rings (SSSR count). The second-order valence-electron chi connectivity index (χ2n) is 4.75. The maximum atomic E-state index is 12.0. The summed E-state index contributed by atoms with van der Waals surface area (Å²) in [6.07, 6.45) is 3.03. The molecule has 0 radical (unpaired) electrons. The second kappa shape index (κ2) is 8.19. The monoisotopic (exact) mass is 391 g/mol. The number of rotatable bonds is 7. The highest BCUT2D eigenvalue weighted by atomic mass is 79.9. The van der Waals surface area contributed by atoms with Gasteiger partial charge in [-0.25, -0.2) is 0 Å². The van der Waals surface area contributed by atoms with E-state index >= 15 is 0 Å². The van der Waals surface area contributed by atoms with E-state index in [2.05, 4.69) is 22.9 Å². The number of esters is 1. The van der Waals surface area contributed by atoms with Gasteiger partial charge in [0.15, 0.2) is 0 Å². The van der Waals surface area contributed by atoms with Crippen molar-refractivity contribution >= 4 is 50.9 Å². The van der Waals surface area contributed by atoms with Crippen molar-refractivity contribution < 1.29 is 14.3 Å². The van der Waals surface area contributed by atoms with Gasteiger partial charge in [-0.15, -0.1) is 23.1 Å². The van der Waals surface area contributed by atoms with Gasteiger partial charge in [-0.2, -0.15) is 0 Å². The molecule has 1 aromatic heterocycles. The third-order valence-corrected chi connectivity index (χ3v) is 6.18. The molecule has 1 amide bonds. The van der Waals surface area contributed by atoms with Gasteiger partial charge in [-0.05, 0) is 34.5 Å². The highest BCUT2D eigenvalue weighted by molar-refractivity contribution is 9.11. The molecule has 1 saturated heterocycles. The molecule has 0 spiro atoms. The van der Waals surface area contributed by atoms with Crippen LogP contribution in [0.4, 0.5) is 0 Å². The largest absolute Gasteiger partial charge is 0.464 e. The molecular formula is C14H18BrNO3S2. The van der Waals surface area contributed by atoms with Crippen molar-refractivity contribution in [1.82, 2.24) is 4.90 Å². The van der Waals surface area contributed by atoms with E-state index in [1.807, 2.05) is 12.1 Å². The molecule has 1 aliphatic rings. The van der Waals surface area contributed by atoms with E-state index in [-0.39, 0.29) is 23.8 Å². The smallest absolute Gasteiger partial charge is 0.325 e. The molecule has 0 aromatic carbocycles.